The van der Waals surface area contributed by atoms with Gasteiger partial charge in [-0.3, -0.25) is 32.5 Å². The first-order valence-electron chi connectivity index (χ1n) is 44.8. The SMILES string of the molecule is CC/C=C\C/C=C\C/C=C\C/C=C\C/C=C\CCCCCC(=O)OC(COC(=O)CCCCCCCCCCCCCCC/C=C\C/C=C\C/C=C\C/C=C\CCCCC)COP(=O)(O)OCC(O)COP(=O)(O)OCC(O)COC(=O)CCCCCCCCCCCCCCC/C=C\C/C=C\C/C=C\C/C=C\CCCCC. The molecule has 5 atom stereocenters. The van der Waals surface area contributed by atoms with E-state index in [2.05, 4.69) is 179 Å². The molecule has 0 saturated carbocycles. The van der Waals surface area contributed by atoms with Gasteiger partial charge in [-0.05, 0) is 154 Å². The Hall–Kier alpha value is -4.83. The van der Waals surface area contributed by atoms with Crippen molar-refractivity contribution in [3.05, 3.63) is 158 Å². The van der Waals surface area contributed by atoms with Crippen LogP contribution < -0.4 is 0 Å². The number of aliphatic hydroxyl groups is 2. The van der Waals surface area contributed by atoms with Crippen LogP contribution >= 0.6 is 15.6 Å². The molecule has 0 saturated heterocycles. The Morgan fingerprint density at radius 1 is 0.257 bits per heavy atom. The van der Waals surface area contributed by atoms with Crippen LogP contribution in [0.15, 0.2) is 158 Å². The fraction of sp³-hybridized carbons (Fsp3) is 0.695. The first-order chi connectivity index (χ1) is 55.2. The van der Waals surface area contributed by atoms with Crippen molar-refractivity contribution in [3.63, 3.8) is 0 Å². The first kappa shape index (κ1) is 108. The number of hydrogen-bond donors (Lipinski definition) is 4. The summed E-state index contributed by atoms with van der Waals surface area (Å²) in [4.78, 5) is 58.9. The monoisotopic (exact) mass is 1620 g/mol. The van der Waals surface area contributed by atoms with Crippen molar-refractivity contribution in [3.8, 4) is 0 Å². The van der Waals surface area contributed by atoms with Gasteiger partial charge in [0.1, 0.15) is 25.4 Å². The molecule has 0 spiro atoms. The summed E-state index contributed by atoms with van der Waals surface area (Å²) in [5, 5.41) is 20.7. The second-order valence-corrected chi connectivity index (χ2v) is 32.6. The lowest BCUT2D eigenvalue weighted by Gasteiger charge is -2.21. The summed E-state index contributed by atoms with van der Waals surface area (Å²) in [6.45, 7) is 2.50. The summed E-state index contributed by atoms with van der Waals surface area (Å²) < 4.78 is 61.4. The number of allylic oxidation sites excluding steroid dienone is 26. The van der Waals surface area contributed by atoms with E-state index in [-0.39, 0.29) is 19.3 Å². The number of aliphatic hydroxyl groups excluding tert-OH is 2. The van der Waals surface area contributed by atoms with Crippen LogP contribution in [-0.4, -0.2) is 95.9 Å². The Labute approximate surface area is 689 Å². The average molecular weight is 1620 g/mol. The zero-order valence-electron chi connectivity index (χ0n) is 71.3. The van der Waals surface area contributed by atoms with Gasteiger partial charge in [0.2, 0.25) is 0 Å². The molecule has 0 heterocycles. The molecule has 16 nitrogen and oxygen atoms in total. The average Bonchev–Trinajstić information content (AvgIpc) is 0.899. The van der Waals surface area contributed by atoms with Gasteiger partial charge in [0.15, 0.2) is 6.10 Å². The van der Waals surface area contributed by atoms with E-state index in [1.54, 1.807) is 0 Å². The lowest BCUT2D eigenvalue weighted by atomic mass is 10.0. The third-order valence-electron chi connectivity index (χ3n) is 18.7. The van der Waals surface area contributed by atoms with Crippen LogP contribution in [0.2, 0.25) is 0 Å². The van der Waals surface area contributed by atoms with Crippen molar-refractivity contribution in [1.82, 2.24) is 0 Å². The van der Waals surface area contributed by atoms with Crippen molar-refractivity contribution in [2.45, 2.75) is 386 Å². The predicted octanol–water partition coefficient (Wildman–Crippen LogP) is 27.3. The maximum atomic E-state index is 13.0. The molecule has 5 unspecified atom stereocenters. The first-order valence-corrected chi connectivity index (χ1v) is 47.8. The molecule has 0 amide bonds. The second-order valence-electron chi connectivity index (χ2n) is 29.7. The van der Waals surface area contributed by atoms with Crippen LogP contribution in [0.3, 0.4) is 0 Å². The number of phosphoric ester groups is 2. The highest BCUT2D eigenvalue weighted by Gasteiger charge is 2.29. The Kier molecular flexibility index (Phi) is 82.8. The smallest absolute Gasteiger partial charge is 0.463 e. The number of unbranched alkanes of at least 4 members (excludes halogenated alkanes) is 35. The number of ether oxygens (including phenoxy) is 3. The van der Waals surface area contributed by atoms with Crippen LogP contribution in [-0.2, 0) is 55.8 Å². The number of carbonyl (C=O) groups excluding carboxylic acids is 3. The van der Waals surface area contributed by atoms with Gasteiger partial charge in [0.05, 0.1) is 26.4 Å². The molecule has 0 radical (unpaired) electrons. The molecule has 0 aromatic rings. The molecular weight excluding hydrogens is 1460 g/mol. The molecule has 4 N–H and O–H groups in total. The maximum absolute atomic E-state index is 13.0. The summed E-state index contributed by atoms with van der Waals surface area (Å²) in [7, 11) is -9.82. The molecule has 0 aromatic heterocycles. The highest BCUT2D eigenvalue weighted by Crippen LogP contribution is 2.45. The molecule has 0 aliphatic rings. The number of carbonyl (C=O) groups is 3. The Morgan fingerprint density at radius 2 is 0.469 bits per heavy atom. The van der Waals surface area contributed by atoms with E-state index >= 15 is 0 Å². The van der Waals surface area contributed by atoms with E-state index in [0.717, 1.165) is 148 Å². The fourth-order valence-corrected chi connectivity index (χ4v) is 13.5. The summed E-state index contributed by atoms with van der Waals surface area (Å²) in [5.74, 6) is -1.61. The summed E-state index contributed by atoms with van der Waals surface area (Å²) in [5.41, 5.74) is 0. The topological polar surface area (TPSA) is 231 Å². The van der Waals surface area contributed by atoms with Crippen molar-refractivity contribution in [2.24, 2.45) is 0 Å². The predicted molar refractivity (Wildman–Crippen MR) is 472 cm³/mol. The zero-order chi connectivity index (χ0) is 82.2. The van der Waals surface area contributed by atoms with Crippen molar-refractivity contribution < 1.29 is 75.8 Å². The molecule has 648 valence electrons. The molecular formula is C95H162O16P2. The summed E-state index contributed by atoms with van der Waals surface area (Å²) in [6, 6.07) is 0. The molecule has 0 bridgehead atoms. The third-order valence-corrected chi connectivity index (χ3v) is 20.6. The van der Waals surface area contributed by atoms with Gasteiger partial charge in [-0.15, -0.1) is 0 Å². The van der Waals surface area contributed by atoms with E-state index in [9.17, 15) is 43.5 Å². The van der Waals surface area contributed by atoms with Gasteiger partial charge in [0.25, 0.3) is 0 Å². The second kappa shape index (κ2) is 86.5. The lowest BCUT2D eigenvalue weighted by Crippen LogP contribution is -2.30. The number of hydrogen-bond acceptors (Lipinski definition) is 14. The van der Waals surface area contributed by atoms with Gasteiger partial charge >= 0.3 is 33.6 Å². The van der Waals surface area contributed by atoms with Gasteiger partial charge in [-0.2, -0.15) is 0 Å². The molecule has 18 heteroatoms. The molecule has 113 heavy (non-hydrogen) atoms. The van der Waals surface area contributed by atoms with Crippen LogP contribution in [0, 0.1) is 0 Å². The van der Waals surface area contributed by atoms with Gasteiger partial charge < -0.3 is 34.2 Å². The van der Waals surface area contributed by atoms with E-state index in [1.807, 2.05) is 0 Å². The summed E-state index contributed by atoms with van der Waals surface area (Å²) in [6.07, 6.45) is 110. The van der Waals surface area contributed by atoms with E-state index in [1.165, 1.54) is 161 Å². The lowest BCUT2D eigenvalue weighted by molar-refractivity contribution is -0.161. The quantitative estimate of drug-likeness (QED) is 0.0146. The largest absolute Gasteiger partial charge is 0.472 e. The molecule has 0 aromatic carbocycles. The van der Waals surface area contributed by atoms with Crippen LogP contribution in [0.4, 0.5) is 0 Å². The minimum atomic E-state index is -4.95. The number of esters is 3. The highest BCUT2D eigenvalue weighted by molar-refractivity contribution is 7.47. The Balaban J connectivity index is 4.61. The van der Waals surface area contributed by atoms with Crippen LogP contribution in [0.25, 0.3) is 0 Å². The van der Waals surface area contributed by atoms with Crippen LogP contribution in [0.1, 0.15) is 367 Å². The van der Waals surface area contributed by atoms with Gasteiger partial charge in [-0.1, -0.05) is 352 Å². The Bertz CT molecular complexity index is 2680. The van der Waals surface area contributed by atoms with Gasteiger partial charge in [0, 0.05) is 19.3 Å². The minimum absolute atomic E-state index is 0.0614. The maximum Gasteiger partial charge on any atom is 0.472 e. The van der Waals surface area contributed by atoms with Crippen molar-refractivity contribution >= 4 is 33.6 Å². The van der Waals surface area contributed by atoms with Crippen molar-refractivity contribution in [1.29, 1.82) is 0 Å². The van der Waals surface area contributed by atoms with Gasteiger partial charge in [-0.25, -0.2) is 9.13 Å². The molecule has 0 rings (SSSR count). The molecule has 0 aliphatic heterocycles. The standard InChI is InChI=1S/C95H162O16P2/c1-4-7-10-13-16-19-22-25-28-31-34-36-38-40-42-44-46-48-50-52-55-57-60-63-66-69-72-75-78-81-93(98)105-84-90(96)85-107-112(101,102)108-86-91(97)87-109-113(103,104)110-89-92(111-95(100)83-80-77-74-71-68-65-62-59-54-33-30-27-24-21-18-15-12-9-6-3)88-106-94(99)82-79-76-73-70-67-64-61-58-56-53-51-49-47-45-43-41-39-37-35-32-29-26-23-20-17-14-11-8-5-2/h9,12,16-21,25-30,34-37,40-43,54,59,65,68,90-92,96-97H,4-8,10-11,13-15,22-24,31-33,38-39,44-53,55-58,60-64,66-67,69-89H2,1-3H3,(H,101,102)(H,103,104)/b12-9-,19-16-,20-17-,21-18-,28-25-,29-26-,30-27-,36-34-,37-35-,42-40-,43-41-,59-54-,68-65-. The minimum Gasteiger partial charge on any atom is -0.463 e. The molecule has 0 fully saturated rings. The number of rotatable bonds is 84. The molecule has 0 aliphatic carbocycles. The number of phosphoric acid groups is 2. The normalized spacial score (nSPS) is 14.6. The zero-order valence-corrected chi connectivity index (χ0v) is 73.0. The van der Waals surface area contributed by atoms with E-state index in [0.29, 0.717) is 19.3 Å². The van der Waals surface area contributed by atoms with E-state index < -0.39 is 91.5 Å². The Morgan fingerprint density at radius 3 is 0.752 bits per heavy atom. The highest BCUT2D eigenvalue weighted by atomic mass is 31.2. The third kappa shape index (κ3) is 87.8. The van der Waals surface area contributed by atoms with Crippen molar-refractivity contribution in [2.75, 3.05) is 39.6 Å². The van der Waals surface area contributed by atoms with E-state index in [4.69, 9.17) is 32.3 Å². The fourth-order valence-electron chi connectivity index (χ4n) is 11.9. The summed E-state index contributed by atoms with van der Waals surface area (Å²) >= 11 is 0. The van der Waals surface area contributed by atoms with Crippen LogP contribution in [0.5, 0.6) is 0 Å².